The average Bonchev–Trinajstić information content (AvgIpc) is 2.68. The van der Waals surface area contributed by atoms with Gasteiger partial charge in [-0.1, -0.05) is 15.9 Å². The van der Waals surface area contributed by atoms with Crippen LogP contribution in [0.25, 0.3) is 0 Å². The number of carboxylic acids is 1. The van der Waals surface area contributed by atoms with E-state index in [-0.39, 0.29) is 9.88 Å². The lowest BCUT2D eigenvalue weighted by atomic mass is 10.3. The van der Waals surface area contributed by atoms with Crippen LogP contribution in [0.3, 0.4) is 0 Å². The number of thiophene rings is 1. The number of rotatable bonds is 4. The first-order valence-electron chi connectivity index (χ1n) is 5.52. The number of anilines is 1. The van der Waals surface area contributed by atoms with Crippen LogP contribution in [0.5, 0.6) is 0 Å². The summed E-state index contributed by atoms with van der Waals surface area (Å²) in [5.41, 5.74) is 0.432. The summed E-state index contributed by atoms with van der Waals surface area (Å²) in [6, 6.07) is 4.96. The van der Waals surface area contributed by atoms with Crippen LogP contribution in [0.1, 0.15) is 15.2 Å². The van der Waals surface area contributed by atoms with Crippen LogP contribution in [0.15, 0.2) is 33.6 Å². The Balaban J connectivity index is 2.37. The molecule has 5 nitrogen and oxygen atoms in total. The molecule has 112 valence electrons. The molecule has 1 heterocycles. The summed E-state index contributed by atoms with van der Waals surface area (Å²) in [7, 11) is -4.12. The van der Waals surface area contributed by atoms with Gasteiger partial charge < -0.3 is 5.11 Å². The van der Waals surface area contributed by atoms with E-state index in [0.29, 0.717) is 10.0 Å². The number of hydrogen-bond donors (Lipinski definition) is 2. The summed E-state index contributed by atoms with van der Waals surface area (Å²) in [6.07, 6.45) is 0. The average molecular weight is 394 g/mol. The van der Waals surface area contributed by atoms with Gasteiger partial charge in [0.25, 0.3) is 10.0 Å². The van der Waals surface area contributed by atoms with E-state index in [1.807, 2.05) is 0 Å². The van der Waals surface area contributed by atoms with Crippen molar-refractivity contribution in [2.24, 2.45) is 0 Å². The van der Waals surface area contributed by atoms with Crippen molar-refractivity contribution >= 4 is 48.3 Å². The van der Waals surface area contributed by atoms with Crippen molar-refractivity contribution in [3.05, 3.63) is 45.0 Å². The molecular weight excluding hydrogens is 385 g/mol. The maximum absolute atomic E-state index is 13.7. The van der Waals surface area contributed by atoms with Crippen molar-refractivity contribution in [3.8, 4) is 0 Å². The molecule has 0 saturated heterocycles. The number of hydrogen-bond acceptors (Lipinski definition) is 4. The van der Waals surface area contributed by atoms with Crippen LogP contribution in [0, 0.1) is 12.7 Å². The van der Waals surface area contributed by atoms with Crippen molar-refractivity contribution in [2.75, 3.05) is 4.72 Å². The lowest BCUT2D eigenvalue weighted by molar-refractivity contribution is 0.0701. The lowest BCUT2D eigenvalue weighted by Crippen LogP contribution is -2.13. The first-order chi connectivity index (χ1) is 9.70. The van der Waals surface area contributed by atoms with Crippen molar-refractivity contribution < 1.29 is 22.7 Å². The zero-order valence-electron chi connectivity index (χ0n) is 10.6. The number of halogens is 2. The Bertz CT molecular complexity index is 817. The highest BCUT2D eigenvalue weighted by atomic mass is 79.9. The molecule has 0 spiro atoms. The van der Waals surface area contributed by atoms with E-state index >= 15 is 0 Å². The second-order valence-electron chi connectivity index (χ2n) is 4.11. The maximum atomic E-state index is 13.7. The molecule has 2 N–H and O–H groups in total. The molecule has 0 unspecified atom stereocenters. The topological polar surface area (TPSA) is 83.5 Å². The van der Waals surface area contributed by atoms with Crippen LogP contribution >= 0.6 is 27.3 Å². The molecule has 0 atom stereocenters. The minimum absolute atomic E-state index is 0.0315. The quantitative estimate of drug-likeness (QED) is 0.832. The Hall–Kier alpha value is -1.45. The standard InChI is InChI=1S/C12H9BrFNO4S2/c1-6-4-10(20-11(6)12(16)17)15-21(18,19)9-3-2-7(13)5-8(9)14/h2-5,15H,1H3,(H,16,17). The van der Waals surface area contributed by atoms with Gasteiger partial charge in [-0.25, -0.2) is 17.6 Å². The van der Waals surface area contributed by atoms with Crippen molar-refractivity contribution in [2.45, 2.75) is 11.8 Å². The van der Waals surface area contributed by atoms with Gasteiger partial charge in [-0.15, -0.1) is 11.3 Å². The molecule has 0 aliphatic rings. The molecular formula is C12H9BrFNO4S2. The van der Waals surface area contributed by atoms with E-state index in [0.717, 1.165) is 23.5 Å². The van der Waals surface area contributed by atoms with E-state index in [4.69, 9.17) is 5.11 Å². The number of benzene rings is 1. The highest BCUT2D eigenvalue weighted by molar-refractivity contribution is 9.10. The minimum Gasteiger partial charge on any atom is -0.477 e. The number of sulfonamides is 1. The molecule has 0 saturated carbocycles. The van der Waals surface area contributed by atoms with Gasteiger partial charge >= 0.3 is 5.97 Å². The highest BCUT2D eigenvalue weighted by Gasteiger charge is 2.21. The summed E-state index contributed by atoms with van der Waals surface area (Å²) in [6.45, 7) is 1.55. The summed E-state index contributed by atoms with van der Waals surface area (Å²) >= 11 is 3.82. The predicted octanol–water partition coefficient (Wildman–Crippen LogP) is 3.46. The maximum Gasteiger partial charge on any atom is 0.346 e. The number of carbonyl (C=O) groups is 1. The molecule has 0 radical (unpaired) electrons. The third kappa shape index (κ3) is 3.42. The highest BCUT2D eigenvalue weighted by Crippen LogP contribution is 2.29. The van der Waals surface area contributed by atoms with E-state index in [1.54, 1.807) is 6.92 Å². The van der Waals surface area contributed by atoms with Crippen LogP contribution in [0.4, 0.5) is 9.39 Å². The predicted molar refractivity (Wildman–Crippen MR) is 80.9 cm³/mol. The van der Waals surface area contributed by atoms with Gasteiger partial charge in [0.15, 0.2) is 0 Å². The van der Waals surface area contributed by atoms with E-state index < -0.39 is 26.7 Å². The number of nitrogens with one attached hydrogen (secondary N) is 1. The third-order valence-electron chi connectivity index (χ3n) is 2.53. The third-order valence-corrected chi connectivity index (χ3v) is 5.69. The Morgan fingerprint density at radius 3 is 2.57 bits per heavy atom. The molecule has 0 bridgehead atoms. The molecule has 0 amide bonds. The van der Waals surface area contributed by atoms with Crippen molar-refractivity contribution in [1.29, 1.82) is 0 Å². The fourth-order valence-electron chi connectivity index (χ4n) is 1.63. The lowest BCUT2D eigenvalue weighted by Gasteiger charge is -2.07. The van der Waals surface area contributed by atoms with E-state index in [9.17, 15) is 17.6 Å². The molecule has 9 heteroatoms. The fraction of sp³-hybridized carbons (Fsp3) is 0.0833. The van der Waals surface area contributed by atoms with Gasteiger partial charge in [0.1, 0.15) is 20.6 Å². The zero-order chi connectivity index (χ0) is 15.8. The van der Waals surface area contributed by atoms with Gasteiger partial charge in [-0.05, 0) is 36.8 Å². The van der Waals surface area contributed by atoms with Gasteiger partial charge in [-0.3, -0.25) is 4.72 Å². The molecule has 0 aliphatic heterocycles. The van der Waals surface area contributed by atoms with Gasteiger partial charge in [0.2, 0.25) is 0 Å². The summed E-state index contributed by atoms with van der Waals surface area (Å²) in [4.78, 5) is 10.5. The SMILES string of the molecule is Cc1cc(NS(=O)(=O)c2ccc(Br)cc2F)sc1C(=O)O. The second kappa shape index (κ2) is 5.74. The van der Waals surface area contributed by atoms with Gasteiger partial charge in [0.05, 0.1) is 0 Å². The normalized spacial score (nSPS) is 11.4. The minimum atomic E-state index is -4.12. The molecule has 0 aliphatic carbocycles. The smallest absolute Gasteiger partial charge is 0.346 e. The zero-order valence-corrected chi connectivity index (χ0v) is 13.8. The summed E-state index contributed by atoms with van der Waals surface area (Å²) in [5, 5.41) is 9.05. The Morgan fingerprint density at radius 1 is 1.38 bits per heavy atom. The van der Waals surface area contributed by atoms with Crippen molar-refractivity contribution in [3.63, 3.8) is 0 Å². The Labute approximate surface area is 132 Å². The van der Waals surface area contributed by atoms with E-state index in [1.165, 1.54) is 12.1 Å². The monoisotopic (exact) mass is 393 g/mol. The van der Waals surface area contributed by atoms with Crippen LogP contribution < -0.4 is 4.72 Å². The molecule has 2 aromatic rings. The first kappa shape index (κ1) is 15.9. The summed E-state index contributed by atoms with van der Waals surface area (Å²) < 4.78 is 40.6. The number of carboxylic acid groups (broad SMARTS) is 1. The van der Waals surface area contributed by atoms with E-state index in [2.05, 4.69) is 20.7 Å². The molecule has 1 aromatic heterocycles. The second-order valence-corrected chi connectivity index (χ2v) is 7.73. The summed E-state index contributed by atoms with van der Waals surface area (Å²) in [5.74, 6) is -2.04. The number of aromatic carboxylic acids is 1. The van der Waals surface area contributed by atoms with Crippen molar-refractivity contribution in [1.82, 2.24) is 0 Å². The molecule has 1 aromatic carbocycles. The Kier molecular flexibility index (Phi) is 4.35. The van der Waals surface area contributed by atoms with Gasteiger partial charge in [-0.2, -0.15) is 0 Å². The van der Waals surface area contributed by atoms with Crippen LogP contribution in [-0.2, 0) is 10.0 Å². The Morgan fingerprint density at radius 2 is 2.05 bits per heavy atom. The molecule has 2 rings (SSSR count). The van der Waals surface area contributed by atoms with Crippen LogP contribution in [-0.4, -0.2) is 19.5 Å². The first-order valence-corrected chi connectivity index (χ1v) is 8.61. The molecule has 21 heavy (non-hydrogen) atoms. The molecule has 0 fully saturated rings. The van der Waals surface area contributed by atoms with Crippen LogP contribution in [0.2, 0.25) is 0 Å². The largest absolute Gasteiger partial charge is 0.477 e. The fourth-order valence-corrected chi connectivity index (χ4v) is 4.21. The van der Waals surface area contributed by atoms with Gasteiger partial charge in [0, 0.05) is 4.47 Å². The number of aryl methyl sites for hydroxylation is 1.